The van der Waals surface area contributed by atoms with Crippen LogP contribution in [0.5, 0.6) is 0 Å². The number of carbonyl (C=O) groups is 1. The quantitative estimate of drug-likeness (QED) is 0.904. The molecule has 1 atom stereocenters. The first kappa shape index (κ1) is 14.7. The molecule has 1 aliphatic rings. The molecule has 2 heterocycles. The third-order valence-electron chi connectivity index (χ3n) is 3.83. The number of hydrogen-bond acceptors (Lipinski definition) is 4. The van der Waals surface area contributed by atoms with Crippen LogP contribution in [0, 0.1) is 6.92 Å². The summed E-state index contributed by atoms with van der Waals surface area (Å²) in [7, 11) is 1.98. The number of nitrogens with one attached hydrogen (secondary N) is 2. The first-order valence-electron chi connectivity index (χ1n) is 7.36. The second-order valence-electron chi connectivity index (χ2n) is 5.59. The number of aromatic nitrogens is 2. The molecule has 1 amide bonds. The van der Waals surface area contributed by atoms with Crippen molar-refractivity contribution in [1.82, 2.24) is 15.1 Å². The van der Waals surface area contributed by atoms with Crippen molar-refractivity contribution in [2.75, 3.05) is 32.1 Å². The van der Waals surface area contributed by atoms with Crippen LogP contribution < -0.4 is 5.32 Å². The summed E-state index contributed by atoms with van der Waals surface area (Å²) in [4.78, 5) is 14.3. The van der Waals surface area contributed by atoms with Crippen LogP contribution in [0.15, 0.2) is 30.3 Å². The van der Waals surface area contributed by atoms with Gasteiger partial charge in [0.05, 0.1) is 12.3 Å². The van der Waals surface area contributed by atoms with Gasteiger partial charge in [-0.2, -0.15) is 5.10 Å². The van der Waals surface area contributed by atoms with E-state index in [2.05, 4.69) is 20.4 Å². The molecule has 0 bridgehead atoms. The van der Waals surface area contributed by atoms with Crippen LogP contribution in [-0.4, -0.2) is 53.9 Å². The van der Waals surface area contributed by atoms with Gasteiger partial charge in [0.15, 0.2) is 5.82 Å². The smallest absolute Gasteiger partial charge is 0.256 e. The zero-order valence-electron chi connectivity index (χ0n) is 12.8. The van der Waals surface area contributed by atoms with Crippen LogP contribution >= 0.6 is 0 Å². The molecule has 2 aromatic rings. The molecule has 1 aliphatic heterocycles. The zero-order valence-corrected chi connectivity index (χ0v) is 12.8. The molecule has 3 rings (SSSR count). The minimum absolute atomic E-state index is 0.158. The molecule has 0 spiro atoms. The van der Waals surface area contributed by atoms with Crippen molar-refractivity contribution >= 4 is 11.7 Å². The van der Waals surface area contributed by atoms with Crippen molar-refractivity contribution in [1.29, 1.82) is 0 Å². The van der Waals surface area contributed by atoms with E-state index < -0.39 is 6.10 Å². The first-order chi connectivity index (χ1) is 10.6. The topological polar surface area (TPSA) is 70.2 Å². The Kier molecular flexibility index (Phi) is 4.22. The number of carbonyl (C=O) groups excluding carboxylic acids is 1. The van der Waals surface area contributed by atoms with Gasteiger partial charge in [-0.25, -0.2) is 0 Å². The average Bonchev–Trinajstić information content (AvgIpc) is 2.96. The number of anilines is 1. The number of hydrogen-bond donors (Lipinski definition) is 2. The molecule has 1 aromatic heterocycles. The fourth-order valence-corrected chi connectivity index (χ4v) is 2.54. The Morgan fingerprint density at radius 1 is 1.45 bits per heavy atom. The molecule has 0 unspecified atom stereocenters. The van der Waals surface area contributed by atoms with Gasteiger partial charge in [-0.15, -0.1) is 0 Å². The number of rotatable bonds is 3. The van der Waals surface area contributed by atoms with E-state index in [0.29, 0.717) is 19.0 Å². The van der Waals surface area contributed by atoms with Gasteiger partial charge >= 0.3 is 0 Å². The molecule has 6 heteroatoms. The Morgan fingerprint density at radius 2 is 2.27 bits per heavy atom. The number of nitrogens with zero attached hydrogens (tertiary/aromatic N) is 2. The standard InChI is InChI=1S/C16H20N4O2/c1-11-5-3-4-6-12(11)13-9-15(19-18-13)17-16(21)14-10-20(2)7-8-22-14/h3-6,9,14H,7-8,10H2,1-2H3,(H2,17,18,19,21)/t14-/m1/s1. The summed E-state index contributed by atoms with van der Waals surface area (Å²) in [6, 6.07) is 9.88. The molecule has 116 valence electrons. The second-order valence-corrected chi connectivity index (χ2v) is 5.59. The van der Waals surface area contributed by atoms with Crippen molar-refractivity contribution in [3.05, 3.63) is 35.9 Å². The summed E-state index contributed by atoms with van der Waals surface area (Å²) in [5, 5.41) is 9.93. The SMILES string of the molecule is Cc1ccccc1-c1cc(NC(=O)[C@H]2CN(C)CCO2)n[nH]1. The highest BCUT2D eigenvalue weighted by molar-refractivity contribution is 5.94. The summed E-state index contributed by atoms with van der Waals surface area (Å²) in [6.45, 7) is 4.06. The lowest BCUT2D eigenvalue weighted by Gasteiger charge is -2.28. The summed E-state index contributed by atoms with van der Waals surface area (Å²) < 4.78 is 5.50. The highest BCUT2D eigenvalue weighted by atomic mass is 16.5. The Bertz CT molecular complexity index is 668. The summed E-state index contributed by atoms with van der Waals surface area (Å²) in [5.41, 5.74) is 3.11. The van der Waals surface area contributed by atoms with Crippen LogP contribution in [0.25, 0.3) is 11.3 Å². The minimum atomic E-state index is -0.447. The van der Waals surface area contributed by atoms with Crippen LogP contribution in [0.1, 0.15) is 5.56 Å². The van der Waals surface area contributed by atoms with E-state index in [0.717, 1.165) is 23.4 Å². The molecule has 0 aliphatic carbocycles. The molecular weight excluding hydrogens is 280 g/mol. The van der Waals surface area contributed by atoms with Crippen molar-refractivity contribution in [3.63, 3.8) is 0 Å². The van der Waals surface area contributed by atoms with Crippen LogP contribution in [0.2, 0.25) is 0 Å². The van der Waals surface area contributed by atoms with E-state index >= 15 is 0 Å². The van der Waals surface area contributed by atoms with E-state index in [1.54, 1.807) is 0 Å². The maximum atomic E-state index is 12.2. The van der Waals surface area contributed by atoms with Gasteiger partial charge in [0.1, 0.15) is 6.10 Å². The van der Waals surface area contributed by atoms with E-state index in [9.17, 15) is 4.79 Å². The molecule has 0 saturated carbocycles. The number of morpholine rings is 1. The van der Waals surface area contributed by atoms with Gasteiger partial charge in [0, 0.05) is 24.7 Å². The largest absolute Gasteiger partial charge is 0.366 e. The number of aryl methyl sites for hydroxylation is 1. The highest BCUT2D eigenvalue weighted by Crippen LogP contribution is 2.23. The van der Waals surface area contributed by atoms with Gasteiger partial charge in [-0.1, -0.05) is 24.3 Å². The van der Waals surface area contributed by atoms with Crippen molar-refractivity contribution in [3.8, 4) is 11.3 Å². The monoisotopic (exact) mass is 300 g/mol. The molecule has 1 aromatic carbocycles. The molecule has 1 fully saturated rings. The van der Waals surface area contributed by atoms with Gasteiger partial charge < -0.3 is 15.0 Å². The number of H-pyrrole nitrogens is 1. The lowest BCUT2D eigenvalue weighted by atomic mass is 10.1. The zero-order chi connectivity index (χ0) is 15.5. The fourth-order valence-electron chi connectivity index (χ4n) is 2.54. The van der Waals surface area contributed by atoms with Crippen LogP contribution in [-0.2, 0) is 9.53 Å². The van der Waals surface area contributed by atoms with E-state index in [4.69, 9.17) is 4.74 Å². The molecule has 6 nitrogen and oxygen atoms in total. The Hall–Kier alpha value is -2.18. The average molecular weight is 300 g/mol. The predicted molar refractivity (Wildman–Crippen MR) is 84.6 cm³/mol. The fraction of sp³-hybridized carbons (Fsp3) is 0.375. The van der Waals surface area contributed by atoms with Crippen molar-refractivity contribution < 1.29 is 9.53 Å². The minimum Gasteiger partial charge on any atom is -0.366 e. The maximum absolute atomic E-state index is 12.2. The van der Waals surface area contributed by atoms with Crippen molar-refractivity contribution in [2.24, 2.45) is 0 Å². The first-order valence-corrected chi connectivity index (χ1v) is 7.36. The number of ether oxygens (including phenoxy) is 1. The van der Waals surface area contributed by atoms with Gasteiger partial charge in [0.25, 0.3) is 5.91 Å². The second kappa shape index (κ2) is 6.29. The van der Waals surface area contributed by atoms with Crippen LogP contribution in [0.3, 0.4) is 0 Å². The summed E-state index contributed by atoms with van der Waals surface area (Å²) in [6.07, 6.45) is -0.447. The predicted octanol–water partition coefficient (Wildman–Crippen LogP) is 1.65. The van der Waals surface area contributed by atoms with E-state index in [-0.39, 0.29) is 5.91 Å². The number of benzene rings is 1. The lowest BCUT2D eigenvalue weighted by molar-refractivity contribution is -0.132. The Morgan fingerprint density at radius 3 is 3.05 bits per heavy atom. The van der Waals surface area contributed by atoms with Crippen LogP contribution in [0.4, 0.5) is 5.82 Å². The molecular formula is C16H20N4O2. The third-order valence-corrected chi connectivity index (χ3v) is 3.83. The van der Waals surface area contributed by atoms with Gasteiger partial charge in [-0.3, -0.25) is 9.89 Å². The normalized spacial score (nSPS) is 19.1. The number of aromatic amines is 1. The van der Waals surface area contributed by atoms with E-state index in [1.165, 1.54) is 0 Å². The summed E-state index contributed by atoms with van der Waals surface area (Å²) >= 11 is 0. The van der Waals surface area contributed by atoms with Gasteiger partial charge in [-0.05, 0) is 19.5 Å². The Labute approximate surface area is 129 Å². The number of amides is 1. The van der Waals surface area contributed by atoms with Gasteiger partial charge in [0.2, 0.25) is 0 Å². The molecule has 1 saturated heterocycles. The highest BCUT2D eigenvalue weighted by Gasteiger charge is 2.25. The summed E-state index contributed by atoms with van der Waals surface area (Å²) in [5.74, 6) is 0.356. The van der Waals surface area contributed by atoms with Crippen molar-refractivity contribution in [2.45, 2.75) is 13.0 Å². The molecule has 0 radical (unpaired) electrons. The third kappa shape index (κ3) is 3.18. The molecule has 2 N–H and O–H groups in total. The lowest BCUT2D eigenvalue weighted by Crippen LogP contribution is -2.46. The maximum Gasteiger partial charge on any atom is 0.256 e. The molecule has 22 heavy (non-hydrogen) atoms. The number of likely N-dealkylation sites (N-methyl/N-ethyl adjacent to an activating group) is 1. The Balaban J connectivity index is 1.69. The van der Waals surface area contributed by atoms with E-state index in [1.807, 2.05) is 44.3 Å².